The summed E-state index contributed by atoms with van der Waals surface area (Å²) in [7, 11) is 0. The number of amides is 1. The molecule has 2 unspecified atom stereocenters. The van der Waals surface area contributed by atoms with Gasteiger partial charge in [-0.3, -0.25) is 9.69 Å². The molecule has 2 fully saturated rings. The number of carbonyl (C=O) groups excluding carboxylic acids is 1. The van der Waals surface area contributed by atoms with Crippen LogP contribution in [0.25, 0.3) is 0 Å². The quantitative estimate of drug-likeness (QED) is 0.834. The molecular formula is C15H29N3O. The van der Waals surface area contributed by atoms with Crippen LogP contribution in [0.4, 0.5) is 0 Å². The van der Waals surface area contributed by atoms with E-state index in [2.05, 4.69) is 35.9 Å². The molecule has 2 saturated heterocycles. The molecule has 1 N–H and O–H groups in total. The molecule has 4 heteroatoms. The first-order valence-electron chi connectivity index (χ1n) is 7.90. The zero-order chi connectivity index (χ0) is 13.8. The molecule has 2 aliphatic rings. The Bertz CT molecular complexity index is 300. The van der Waals surface area contributed by atoms with E-state index in [0.29, 0.717) is 17.9 Å². The number of nitrogens with zero attached hydrogens (tertiary/aromatic N) is 2. The first-order valence-corrected chi connectivity index (χ1v) is 7.90. The first kappa shape index (κ1) is 14.8. The maximum Gasteiger partial charge on any atom is 0.240 e. The minimum Gasteiger partial charge on any atom is -0.339 e. The van der Waals surface area contributed by atoms with Gasteiger partial charge in [-0.05, 0) is 31.7 Å². The van der Waals surface area contributed by atoms with Crippen molar-refractivity contribution in [1.29, 1.82) is 0 Å². The van der Waals surface area contributed by atoms with Crippen molar-refractivity contribution in [2.75, 3.05) is 32.7 Å². The van der Waals surface area contributed by atoms with Gasteiger partial charge >= 0.3 is 0 Å². The Kier molecular flexibility index (Phi) is 5.22. The van der Waals surface area contributed by atoms with Gasteiger partial charge in [0.15, 0.2) is 0 Å². The van der Waals surface area contributed by atoms with Gasteiger partial charge in [0.25, 0.3) is 0 Å². The third-order valence-electron chi connectivity index (χ3n) is 4.62. The van der Waals surface area contributed by atoms with Gasteiger partial charge < -0.3 is 10.2 Å². The highest BCUT2D eigenvalue weighted by atomic mass is 16.2. The van der Waals surface area contributed by atoms with Crippen LogP contribution in [0, 0.1) is 5.92 Å². The summed E-state index contributed by atoms with van der Waals surface area (Å²) in [5.41, 5.74) is 0. The second-order valence-electron chi connectivity index (χ2n) is 6.19. The predicted molar refractivity (Wildman–Crippen MR) is 78.1 cm³/mol. The first-order chi connectivity index (χ1) is 9.15. The zero-order valence-corrected chi connectivity index (χ0v) is 12.7. The van der Waals surface area contributed by atoms with E-state index in [-0.39, 0.29) is 6.04 Å². The molecule has 110 valence electrons. The fraction of sp³-hybridized carbons (Fsp3) is 0.933. The van der Waals surface area contributed by atoms with E-state index in [4.69, 9.17) is 0 Å². The number of carbonyl (C=O) groups is 1. The molecule has 0 saturated carbocycles. The molecule has 0 aromatic carbocycles. The molecule has 4 nitrogen and oxygen atoms in total. The summed E-state index contributed by atoms with van der Waals surface area (Å²) in [5, 5.41) is 3.32. The van der Waals surface area contributed by atoms with Gasteiger partial charge in [0, 0.05) is 32.2 Å². The molecule has 0 spiro atoms. The van der Waals surface area contributed by atoms with Crippen molar-refractivity contribution in [3.8, 4) is 0 Å². The normalized spacial score (nSPS) is 26.9. The monoisotopic (exact) mass is 267 g/mol. The summed E-state index contributed by atoms with van der Waals surface area (Å²) in [4.78, 5) is 17.3. The van der Waals surface area contributed by atoms with E-state index >= 15 is 0 Å². The highest BCUT2D eigenvalue weighted by Crippen LogP contribution is 2.27. The summed E-state index contributed by atoms with van der Waals surface area (Å²) >= 11 is 0. The fourth-order valence-corrected chi connectivity index (χ4v) is 3.64. The lowest BCUT2D eigenvalue weighted by atomic mass is 9.98. The van der Waals surface area contributed by atoms with Gasteiger partial charge in [-0.2, -0.15) is 0 Å². The number of hydrogen-bond donors (Lipinski definition) is 1. The van der Waals surface area contributed by atoms with Gasteiger partial charge in [0.1, 0.15) is 0 Å². The molecule has 19 heavy (non-hydrogen) atoms. The average Bonchev–Trinajstić information content (AvgIpc) is 2.88. The second-order valence-corrected chi connectivity index (χ2v) is 6.19. The molecule has 1 amide bonds. The molecule has 2 heterocycles. The highest BCUT2D eigenvalue weighted by Gasteiger charge is 2.37. The summed E-state index contributed by atoms with van der Waals surface area (Å²) in [6.07, 6.45) is 3.36. The van der Waals surface area contributed by atoms with Crippen molar-refractivity contribution in [2.24, 2.45) is 5.92 Å². The predicted octanol–water partition coefficient (Wildman–Crippen LogP) is 1.32. The molecule has 0 radical (unpaired) electrons. The number of nitrogens with one attached hydrogen (secondary N) is 1. The number of rotatable bonds is 4. The SMILES string of the molecule is CCC(C(C)C)N1CCCC1C(=O)N1CCNCC1. The Labute approximate surface area is 117 Å². The maximum absolute atomic E-state index is 12.7. The van der Waals surface area contributed by atoms with Crippen molar-refractivity contribution in [3.05, 3.63) is 0 Å². The smallest absolute Gasteiger partial charge is 0.240 e. The van der Waals surface area contributed by atoms with Crippen molar-refractivity contribution >= 4 is 5.91 Å². The topological polar surface area (TPSA) is 35.6 Å². The van der Waals surface area contributed by atoms with Crippen LogP contribution in [-0.4, -0.2) is 60.5 Å². The third-order valence-corrected chi connectivity index (χ3v) is 4.62. The molecule has 0 aromatic rings. The van der Waals surface area contributed by atoms with Gasteiger partial charge in [0.2, 0.25) is 5.91 Å². The highest BCUT2D eigenvalue weighted by molar-refractivity contribution is 5.82. The molecule has 0 aliphatic carbocycles. The number of piperazine rings is 1. The largest absolute Gasteiger partial charge is 0.339 e. The molecular weight excluding hydrogens is 238 g/mol. The second kappa shape index (κ2) is 6.71. The lowest BCUT2D eigenvalue weighted by molar-refractivity contribution is -0.137. The third kappa shape index (κ3) is 3.29. The molecule has 2 rings (SSSR count). The van der Waals surface area contributed by atoms with Gasteiger partial charge in [0.05, 0.1) is 6.04 Å². The van der Waals surface area contributed by atoms with Crippen LogP contribution >= 0.6 is 0 Å². The Balaban J connectivity index is 2.02. The summed E-state index contributed by atoms with van der Waals surface area (Å²) < 4.78 is 0. The van der Waals surface area contributed by atoms with Crippen LogP contribution in [0.15, 0.2) is 0 Å². The Morgan fingerprint density at radius 3 is 2.53 bits per heavy atom. The van der Waals surface area contributed by atoms with Crippen molar-refractivity contribution in [3.63, 3.8) is 0 Å². The van der Waals surface area contributed by atoms with E-state index in [1.165, 1.54) is 6.42 Å². The average molecular weight is 267 g/mol. The Morgan fingerprint density at radius 2 is 1.95 bits per heavy atom. The minimum absolute atomic E-state index is 0.144. The molecule has 0 aromatic heterocycles. The van der Waals surface area contributed by atoms with E-state index < -0.39 is 0 Å². The van der Waals surface area contributed by atoms with E-state index in [1.54, 1.807) is 0 Å². The lowest BCUT2D eigenvalue weighted by Crippen LogP contribution is -2.54. The van der Waals surface area contributed by atoms with E-state index in [1.807, 2.05) is 0 Å². The minimum atomic E-state index is 0.144. The maximum atomic E-state index is 12.7. The van der Waals surface area contributed by atoms with Gasteiger partial charge in [-0.1, -0.05) is 20.8 Å². The summed E-state index contributed by atoms with van der Waals surface area (Å²) in [6, 6.07) is 0.699. The van der Waals surface area contributed by atoms with Crippen LogP contribution < -0.4 is 5.32 Å². The summed E-state index contributed by atoms with van der Waals surface area (Å²) in [6.45, 7) is 11.5. The van der Waals surface area contributed by atoms with E-state index in [0.717, 1.165) is 45.6 Å². The van der Waals surface area contributed by atoms with E-state index in [9.17, 15) is 4.79 Å². The standard InChI is InChI=1S/C15H29N3O/c1-4-13(12(2)3)18-9-5-6-14(18)15(19)17-10-7-16-8-11-17/h12-14,16H,4-11H2,1-3H3. The summed E-state index contributed by atoms with van der Waals surface area (Å²) in [5.74, 6) is 1.000. The van der Waals surface area contributed by atoms with Gasteiger partial charge in [-0.25, -0.2) is 0 Å². The van der Waals surface area contributed by atoms with Crippen molar-refractivity contribution in [1.82, 2.24) is 15.1 Å². The van der Waals surface area contributed by atoms with Crippen LogP contribution in [0.5, 0.6) is 0 Å². The molecule has 0 bridgehead atoms. The van der Waals surface area contributed by atoms with Gasteiger partial charge in [-0.15, -0.1) is 0 Å². The van der Waals surface area contributed by atoms with Crippen LogP contribution in [0.2, 0.25) is 0 Å². The lowest BCUT2D eigenvalue weighted by Gasteiger charge is -2.37. The zero-order valence-electron chi connectivity index (χ0n) is 12.7. The molecule has 2 atom stereocenters. The Hall–Kier alpha value is -0.610. The number of hydrogen-bond acceptors (Lipinski definition) is 3. The molecule has 2 aliphatic heterocycles. The van der Waals surface area contributed by atoms with Crippen molar-refractivity contribution < 1.29 is 4.79 Å². The van der Waals surface area contributed by atoms with Crippen LogP contribution in [-0.2, 0) is 4.79 Å². The van der Waals surface area contributed by atoms with Crippen LogP contribution in [0.1, 0.15) is 40.0 Å². The Morgan fingerprint density at radius 1 is 1.26 bits per heavy atom. The fourth-order valence-electron chi connectivity index (χ4n) is 3.64. The number of likely N-dealkylation sites (tertiary alicyclic amines) is 1. The van der Waals surface area contributed by atoms with Crippen molar-refractivity contribution in [2.45, 2.75) is 52.1 Å². The van der Waals surface area contributed by atoms with Crippen LogP contribution in [0.3, 0.4) is 0 Å².